The highest BCUT2D eigenvalue weighted by molar-refractivity contribution is 5.79. The number of anilines is 3. The molecule has 2 aromatic heterocycles. The van der Waals surface area contributed by atoms with Gasteiger partial charge in [-0.25, -0.2) is 9.67 Å². The number of benzene rings is 2. The lowest BCUT2D eigenvalue weighted by atomic mass is 10.1. The molecule has 3 aromatic carbocycles. The lowest BCUT2D eigenvalue weighted by molar-refractivity contribution is 0.782. The molecule has 162 valence electrons. The van der Waals surface area contributed by atoms with Crippen molar-refractivity contribution in [3.63, 3.8) is 0 Å². The van der Waals surface area contributed by atoms with Crippen molar-refractivity contribution in [3.8, 4) is 17.1 Å². The normalized spacial score (nSPS) is 11.9. The molecule has 0 amide bonds. The molecule has 0 spiro atoms. The first-order chi connectivity index (χ1) is 16.1. The molecule has 8 nitrogen and oxygen atoms in total. The summed E-state index contributed by atoms with van der Waals surface area (Å²) in [5, 5.41) is 14.6. The maximum atomic E-state index is 12.3. The number of pyridine rings is 1. The average Bonchev–Trinajstić information content (AvgIpc) is 3.37. The molecule has 0 saturated heterocycles. The van der Waals surface area contributed by atoms with Gasteiger partial charge in [0.2, 0.25) is 0 Å². The van der Waals surface area contributed by atoms with Crippen LogP contribution in [0.5, 0.6) is 0 Å². The second kappa shape index (κ2) is 8.51. The van der Waals surface area contributed by atoms with Crippen LogP contribution in [0.15, 0.2) is 94.8 Å². The van der Waals surface area contributed by atoms with Gasteiger partial charge < -0.3 is 10.6 Å². The molecular weight excluding hydrogens is 416 g/mol. The molecule has 1 atom stereocenters. The molecule has 0 radical (unpaired) electrons. The van der Waals surface area contributed by atoms with Crippen molar-refractivity contribution in [2.24, 2.45) is 0 Å². The van der Waals surface area contributed by atoms with E-state index in [-0.39, 0.29) is 17.4 Å². The van der Waals surface area contributed by atoms with Gasteiger partial charge in [-0.3, -0.25) is 9.59 Å². The van der Waals surface area contributed by atoms with Crippen molar-refractivity contribution in [2.75, 3.05) is 10.6 Å². The Hall–Kier alpha value is -4.59. The Bertz CT molecular complexity index is 1470. The van der Waals surface area contributed by atoms with Crippen LogP contribution in [-0.2, 0) is 0 Å². The van der Waals surface area contributed by atoms with Crippen LogP contribution < -0.4 is 21.5 Å². The summed E-state index contributed by atoms with van der Waals surface area (Å²) in [7, 11) is 0. The fourth-order valence-electron chi connectivity index (χ4n) is 3.57. The van der Waals surface area contributed by atoms with Crippen LogP contribution >= 0.6 is 0 Å². The van der Waals surface area contributed by atoms with Crippen molar-refractivity contribution in [2.45, 2.75) is 13.0 Å². The van der Waals surface area contributed by atoms with Gasteiger partial charge in [0.1, 0.15) is 17.1 Å². The summed E-state index contributed by atoms with van der Waals surface area (Å²) in [4.78, 5) is 28.8. The zero-order chi connectivity index (χ0) is 22.8. The Morgan fingerprint density at radius 3 is 2.33 bits per heavy atom. The topological polar surface area (TPSA) is 102 Å². The minimum absolute atomic E-state index is 0.130. The third kappa shape index (κ3) is 4.01. The monoisotopic (exact) mass is 436 g/mol. The van der Waals surface area contributed by atoms with E-state index in [0.29, 0.717) is 11.5 Å². The molecule has 0 bridgehead atoms. The first-order valence-electron chi connectivity index (χ1n) is 10.5. The Morgan fingerprint density at radius 1 is 0.879 bits per heavy atom. The van der Waals surface area contributed by atoms with Crippen molar-refractivity contribution in [3.05, 3.63) is 111 Å². The molecule has 2 N–H and O–H groups in total. The van der Waals surface area contributed by atoms with Crippen molar-refractivity contribution < 1.29 is 0 Å². The number of nitrogens with zero attached hydrogens (tertiary/aromatic N) is 4. The molecule has 8 heteroatoms. The van der Waals surface area contributed by atoms with Gasteiger partial charge in [0.25, 0.3) is 10.9 Å². The minimum Gasteiger partial charge on any atom is -0.373 e. The Labute approximate surface area is 189 Å². The quantitative estimate of drug-likeness (QED) is 0.374. The SMILES string of the molecule is C[C@@H](Nc1c(Nc2ccnc(-n3cc(-c4ccccc4)nn3)c2)c(=O)c1=O)c1ccccc1. The van der Waals surface area contributed by atoms with Gasteiger partial charge in [-0.15, -0.1) is 5.10 Å². The third-order valence-corrected chi connectivity index (χ3v) is 5.38. The van der Waals surface area contributed by atoms with E-state index in [2.05, 4.69) is 25.9 Å². The summed E-state index contributed by atoms with van der Waals surface area (Å²) in [6, 6.07) is 22.8. The maximum absolute atomic E-state index is 12.3. The zero-order valence-corrected chi connectivity index (χ0v) is 17.8. The zero-order valence-electron chi connectivity index (χ0n) is 17.8. The first-order valence-corrected chi connectivity index (χ1v) is 10.5. The first kappa shape index (κ1) is 20.3. The van der Waals surface area contributed by atoms with Gasteiger partial charge in [0, 0.05) is 29.6 Å². The summed E-state index contributed by atoms with van der Waals surface area (Å²) >= 11 is 0. The van der Waals surface area contributed by atoms with Crippen LogP contribution in [-0.4, -0.2) is 20.0 Å². The summed E-state index contributed by atoms with van der Waals surface area (Å²) in [6.45, 7) is 1.94. The van der Waals surface area contributed by atoms with Crippen LogP contribution in [0.4, 0.5) is 17.1 Å². The summed E-state index contributed by atoms with van der Waals surface area (Å²) < 4.78 is 1.56. The Balaban J connectivity index is 1.37. The molecule has 0 saturated carbocycles. The van der Waals surface area contributed by atoms with E-state index in [0.717, 1.165) is 16.8 Å². The summed E-state index contributed by atoms with van der Waals surface area (Å²) in [5.74, 6) is 0.528. The van der Waals surface area contributed by atoms with Crippen LogP contribution in [0.25, 0.3) is 17.1 Å². The largest absolute Gasteiger partial charge is 0.373 e. The Kier molecular flexibility index (Phi) is 5.24. The van der Waals surface area contributed by atoms with E-state index < -0.39 is 10.9 Å². The van der Waals surface area contributed by atoms with Crippen LogP contribution in [0, 0.1) is 0 Å². The maximum Gasteiger partial charge on any atom is 0.253 e. The van der Waals surface area contributed by atoms with Gasteiger partial charge in [-0.2, -0.15) is 0 Å². The lowest BCUT2D eigenvalue weighted by Gasteiger charge is -2.20. The molecule has 0 aliphatic heterocycles. The molecule has 0 fully saturated rings. The number of hydrogen-bond donors (Lipinski definition) is 2. The highest BCUT2D eigenvalue weighted by Gasteiger charge is 2.23. The van der Waals surface area contributed by atoms with E-state index in [9.17, 15) is 9.59 Å². The average molecular weight is 436 g/mol. The predicted octanol–water partition coefficient (Wildman–Crippen LogP) is 3.84. The minimum atomic E-state index is -0.553. The number of rotatable bonds is 7. The van der Waals surface area contributed by atoms with Gasteiger partial charge in [0.05, 0.1) is 6.20 Å². The van der Waals surface area contributed by atoms with E-state index in [1.807, 2.05) is 67.6 Å². The number of nitrogens with one attached hydrogen (secondary N) is 2. The molecular formula is C25H20N6O2. The standard InChI is InChI=1S/C25H20N6O2/c1-16(17-8-4-2-5-9-17)27-22-23(25(33)24(22)32)28-19-12-13-26-21(14-19)31-15-20(29-30-31)18-10-6-3-7-11-18/h2-16,27H,1H3,(H,26,28)/t16-/m1/s1. The van der Waals surface area contributed by atoms with Gasteiger partial charge in [-0.05, 0) is 18.6 Å². The van der Waals surface area contributed by atoms with E-state index in [1.165, 1.54) is 0 Å². The van der Waals surface area contributed by atoms with Gasteiger partial charge in [-0.1, -0.05) is 65.9 Å². The van der Waals surface area contributed by atoms with E-state index >= 15 is 0 Å². The molecule has 0 unspecified atom stereocenters. The molecule has 33 heavy (non-hydrogen) atoms. The second-order valence-corrected chi connectivity index (χ2v) is 7.63. The Morgan fingerprint density at radius 2 is 1.58 bits per heavy atom. The highest BCUT2D eigenvalue weighted by atomic mass is 16.2. The predicted molar refractivity (Wildman–Crippen MR) is 128 cm³/mol. The van der Waals surface area contributed by atoms with E-state index in [4.69, 9.17) is 0 Å². The second-order valence-electron chi connectivity index (χ2n) is 7.63. The van der Waals surface area contributed by atoms with E-state index in [1.54, 1.807) is 29.2 Å². The van der Waals surface area contributed by atoms with Crippen LogP contribution in [0.3, 0.4) is 0 Å². The van der Waals surface area contributed by atoms with Crippen LogP contribution in [0.1, 0.15) is 18.5 Å². The summed E-state index contributed by atoms with van der Waals surface area (Å²) in [5.41, 5.74) is 2.74. The molecule has 5 rings (SSSR count). The number of aromatic nitrogens is 4. The lowest BCUT2D eigenvalue weighted by Crippen LogP contribution is -2.37. The fourth-order valence-corrected chi connectivity index (χ4v) is 3.57. The fraction of sp³-hybridized carbons (Fsp3) is 0.0800. The van der Waals surface area contributed by atoms with Crippen molar-refractivity contribution >= 4 is 17.1 Å². The smallest absolute Gasteiger partial charge is 0.253 e. The number of hydrogen-bond acceptors (Lipinski definition) is 7. The van der Waals surface area contributed by atoms with Crippen molar-refractivity contribution in [1.82, 2.24) is 20.0 Å². The molecule has 0 aliphatic carbocycles. The molecule has 0 aliphatic rings. The van der Waals surface area contributed by atoms with Crippen LogP contribution in [0.2, 0.25) is 0 Å². The van der Waals surface area contributed by atoms with Gasteiger partial charge >= 0.3 is 0 Å². The highest BCUT2D eigenvalue weighted by Crippen LogP contribution is 2.26. The molecule has 2 heterocycles. The van der Waals surface area contributed by atoms with Crippen molar-refractivity contribution in [1.29, 1.82) is 0 Å². The van der Waals surface area contributed by atoms with Gasteiger partial charge in [0.15, 0.2) is 5.82 Å². The summed E-state index contributed by atoms with van der Waals surface area (Å²) in [6.07, 6.45) is 3.39. The molecule has 5 aromatic rings. The third-order valence-electron chi connectivity index (χ3n) is 5.38.